The summed E-state index contributed by atoms with van der Waals surface area (Å²) in [5.74, 6) is -0.0235. The summed E-state index contributed by atoms with van der Waals surface area (Å²) >= 11 is 5.95. The summed E-state index contributed by atoms with van der Waals surface area (Å²) in [7, 11) is 0. The number of hydrogen-bond acceptors (Lipinski definition) is 3. The average molecular weight is 421 g/mol. The Morgan fingerprint density at radius 1 is 1.03 bits per heavy atom. The molecular weight excluding hydrogens is 400 g/mol. The van der Waals surface area contributed by atoms with E-state index in [4.69, 9.17) is 11.6 Å². The number of rotatable bonds is 5. The predicted octanol–water partition coefficient (Wildman–Crippen LogP) is 4.71. The van der Waals surface area contributed by atoms with Crippen LogP contribution >= 0.6 is 11.6 Å². The highest BCUT2D eigenvalue weighted by Crippen LogP contribution is 2.32. The van der Waals surface area contributed by atoms with E-state index in [2.05, 4.69) is 5.32 Å². The molecule has 4 rings (SSSR count). The Morgan fingerprint density at radius 2 is 1.80 bits per heavy atom. The second-order valence-corrected chi connectivity index (χ2v) is 7.74. The van der Waals surface area contributed by atoms with E-state index in [0.29, 0.717) is 35.7 Å². The monoisotopic (exact) mass is 420 g/mol. The summed E-state index contributed by atoms with van der Waals surface area (Å²) in [4.78, 5) is 26.7. The Hall–Kier alpha value is -3.31. The van der Waals surface area contributed by atoms with Gasteiger partial charge in [0.15, 0.2) is 0 Å². The number of phenols is 1. The van der Waals surface area contributed by atoms with E-state index in [9.17, 15) is 14.7 Å². The van der Waals surface area contributed by atoms with Gasteiger partial charge in [0.25, 0.3) is 0 Å². The number of carbonyl (C=O) groups is 2. The van der Waals surface area contributed by atoms with E-state index in [1.807, 2.05) is 36.4 Å². The van der Waals surface area contributed by atoms with Crippen LogP contribution in [-0.4, -0.2) is 16.9 Å². The third-order valence-corrected chi connectivity index (χ3v) is 5.41. The summed E-state index contributed by atoms with van der Waals surface area (Å²) in [5.41, 5.74) is 4.13. The van der Waals surface area contributed by atoms with E-state index in [-0.39, 0.29) is 24.0 Å². The molecule has 30 heavy (non-hydrogen) atoms. The zero-order chi connectivity index (χ0) is 21.1. The lowest BCUT2D eigenvalue weighted by Crippen LogP contribution is -2.34. The molecule has 0 saturated carbocycles. The largest absolute Gasteiger partial charge is 0.508 e. The van der Waals surface area contributed by atoms with Crippen molar-refractivity contribution in [3.63, 3.8) is 0 Å². The van der Waals surface area contributed by atoms with Gasteiger partial charge in [0.1, 0.15) is 5.75 Å². The maximum Gasteiger partial charge on any atom is 0.228 e. The third kappa shape index (κ3) is 4.47. The molecule has 0 atom stereocenters. The molecule has 2 N–H and O–H groups in total. The molecule has 0 radical (unpaired) electrons. The number of carbonyl (C=O) groups excluding carboxylic acids is 2. The van der Waals surface area contributed by atoms with Gasteiger partial charge < -0.3 is 15.3 Å². The van der Waals surface area contributed by atoms with Crippen molar-refractivity contribution < 1.29 is 14.7 Å². The van der Waals surface area contributed by atoms with Crippen LogP contribution in [0.15, 0.2) is 66.7 Å². The minimum atomic E-state index is -0.207. The van der Waals surface area contributed by atoms with Crippen LogP contribution in [0.1, 0.15) is 23.1 Å². The minimum Gasteiger partial charge on any atom is -0.508 e. The first kappa shape index (κ1) is 20.0. The molecule has 1 aliphatic rings. The van der Waals surface area contributed by atoms with Crippen molar-refractivity contribution in [1.82, 2.24) is 0 Å². The first-order chi connectivity index (χ1) is 14.5. The number of para-hydroxylation sites is 1. The molecule has 0 saturated heterocycles. The van der Waals surface area contributed by atoms with Crippen LogP contribution in [0.3, 0.4) is 0 Å². The first-order valence-electron chi connectivity index (χ1n) is 9.74. The van der Waals surface area contributed by atoms with Crippen molar-refractivity contribution in [2.75, 3.05) is 10.2 Å². The van der Waals surface area contributed by atoms with Gasteiger partial charge in [-0.25, -0.2) is 0 Å². The number of benzene rings is 3. The van der Waals surface area contributed by atoms with Gasteiger partial charge in [0, 0.05) is 28.4 Å². The Morgan fingerprint density at radius 3 is 2.57 bits per heavy atom. The second kappa shape index (κ2) is 8.59. The lowest BCUT2D eigenvalue weighted by atomic mass is 9.99. The Labute approximate surface area is 179 Å². The SMILES string of the molecule is O=C(Cc1ccccc1O)Nc1ccc2c(c1)CCC(=O)N2Cc1ccc(Cl)cc1. The van der Waals surface area contributed by atoms with Crippen LogP contribution in [0.4, 0.5) is 11.4 Å². The summed E-state index contributed by atoms with van der Waals surface area (Å²) < 4.78 is 0. The van der Waals surface area contributed by atoms with Crippen molar-refractivity contribution in [2.24, 2.45) is 0 Å². The maximum atomic E-state index is 12.5. The Balaban J connectivity index is 1.50. The van der Waals surface area contributed by atoms with Crippen molar-refractivity contribution in [3.05, 3.63) is 88.4 Å². The van der Waals surface area contributed by atoms with Gasteiger partial charge in [-0.1, -0.05) is 41.9 Å². The fraction of sp³-hybridized carbons (Fsp3) is 0.167. The van der Waals surface area contributed by atoms with Gasteiger partial charge in [0.2, 0.25) is 11.8 Å². The van der Waals surface area contributed by atoms with E-state index in [0.717, 1.165) is 16.8 Å². The standard InChI is InChI=1S/C24H21ClN2O3/c25-19-8-5-16(6-9-19)15-27-21-11-10-20(13-17(21)7-12-24(27)30)26-23(29)14-18-3-1-2-4-22(18)28/h1-6,8-11,13,28H,7,12,14-15H2,(H,26,29). The molecule has 3 aromatic carbocycles. The molecule has 0 fully saturated rings. The third-order valence-electron chi connectivity index (χ3n) is 5.16. The first-order valence-corrected chi connectivity index (χ1v) is 10.1. The summed E-state index contributed by atoms with van der Waals surface area (Å²) in [6.45, 7) is 0.474. The van der Waals surface area contributed by atoms with E-state index in [1.54, 1.807) is 35.2 Å². The highest BCUT2D eigenvalue weighted by Gasteiger charge is 2.24. The number of phenolic OH excluding ortho intramolecular Hbond substituents is 1. The number of nitrogens with zero attached hydrogens (tertiary/aromatic N) is 1. The molecule has 152 valence electrons. The fourth-order valence-electron chi connectivity index (χ4n) is 3.62. The Kier molecular flexibility index (Phi) is 5.72. The number of anilines is 2. The zero-order valence-electron chi connectivity index (χ0n) is 16.3. The lowest BCUT2D eigenvalue weighted by Gasteiger charge is -2.30. The summed E-state index contributed by atoms with van der Waals surface area (Å²) in [5, 5.41) is 13.4. The quantitative estimate of drug-likeness (QED) is 0.628. The van der Waals surface area contributed by atoms with Crippen molar-refractivity contribution in [2.45, 2.75) is 25.8 Å². The molecule has 1 aliphatic heterocycles. The molecular formula is C24H21ClN2O3. The van der Waals surface area contributed by atoms with Crippen molar-refractivity contribution in [3.8, 4) is 5.75 Å². The molecule has 0 bridgehead atoms. The number of aryl methyl sites for hydroxylation is 1. The highest BCUT2D eigenvalue weighted by molar-refractivity contribution is 6.30. The van der Waals surface area contributed by atoms with E-state index >= 15 is 0 Å². The van der Waals surface area contributed by atoms with Gasteiger partial charge in [-0.3, -0.25) is 9.59 Å². The average Bonchev–Trinajstić information content (AvgIpc) is 2.73. The van der Waals surface area contributed by atoms with Gasteiger partial charge in [-0.05, 0) is 53.9 Å². The topological polar surface area (TPSA) is 69.6 Å². The van der Waals surface area contributed by atoms with Gasteiger partial charge >= 0.3 is 0 Å². The van der Waals surface area contributed by atoms with Crippen LogP contribution < -0.4 is 10.2 Å². The zero-order valence-corrected chi connectivity index (χ0v) is 17.0. The number of hydrogen-bond donors (Lipinski definition) is 2. The second-order valence-electron chi connectivity index (χ2n) is 7.30. The van der Waals surface area contributed by atoms with Crippen LogP contribution in [0.5, 0.6) is 5.75 Å². The van der Waals surface area contributed by atoms with Crippen LogP contribution in [0.2, 0.25) is 5.02 Å². The molecule has 5 nitrogen and oxygen atoms in total. The highest BCUT2D eigenvalue weighted by atomic mass is 35.5. The minimum absolute atomic E-state index is 0.0776. The van der Waals surface area contributed by atoms with Gasteiger partial charge in [0.05, 0.1) is 13.0 Å². The normalized spacial score (nSPS) is 13.1. The molecule has 0 spiro atoms. The molecule has 0 aromatic heterocycles. The maximum absolute atomic E-state index is 12.5. The Bertz CT molecular complexity index is 1100. The van der Waals surface area contributed by atoms with Crippen LogP contribution in [-0.2, 0) is 29.0 Å². The van der Waals surface area contributed by atoms with Crippen molar-refractivity contribution >= 4 is 34.8 Å². The lowest BCUT2D eigenvalue weighted by molar-refractivity contribution is -0.119. The summed E-state index contributed by atoms with van der Waals surface area (Å²) in [6.07, 6.45) is 1.15. The van der Waals surface area contributed by atoms with Crippen molar-refractivity contribution in [1.29, 1.82) is 0 Å². The number of nitrogens with one attached hydrogen (secondary N) is 1. The molecule has 2 amide bonds. The molecule has 0 aliphatic carbocycles. The number of halogens is 1. The number of fused-ring (bicyclic) bond motifs is 1. The predicted molar refractivity (Wildman–Crippen MR) is 118 cm³/mol. The molecule has 1 heterocycles. The molecule has 3 aromatic rings. The molecule has 0 unspecified atom stereocenters. The number of aromatic hydroxyl groups is 1. The van der Waals surface area contributed by atoms with Gasteiger partial charge in [-0.2, -0.15) is 0 Å². The summed E-state index contributed by atoms with van der Waals surface area (Å²) in [6, 6.07) is 19.8. The van der Waals surface area contributed by atoms with E-state index in [1.165, 1.54) is 0 Å². The van der Waals surface area contributed by atoms with Crippen LogP contribution in [0, 0.1) is 0 Å². The molecule has 6 heteroatoms. The fourth-order valence-corrected chi connectivity index (χ4v) is 3.75. The smallest absolute Gasteiger partial charge is 0.228 e. The number of amides is 2. The van der Waals surface area contributed by atoms with Crippen LogP contribution in [0.25, 0.3) is 0 Å². The van der Waals surface area contributed by atoms with Gasteiger partial charge in [-0.15, -0.1) is 0 Å². The van der Waals surface area contributed by atoms with E-state index < -0.39 is 0 Å².